The number of hydrogen-bond donors (Lipinski definition) is 1. The molecule has 0 aliphatic carbocycles. The van der Waals surface area contributed by atoms with Crippen molar-refractivity contribution in [1.82, 2.24) is 0 Å². The quantitative estimate of drug-likeness (QED) is 0.747. The first kappa shape index (κ1) is 20.8. The molecule has 1 atom stereocenters. The molecule has 1 aliphatic rings. The lowest BCUT2D eigenvalue weighted by Crippen LogP contribution is -2.45. The van der Waals surface area contributed by atoms with E-state index in [2.05, 4.69) is 4.99 Å². The molecule has 0 fully saturated rings. The van der Waals surface area contributed by atoms with Crippen LogP contribution in [-0.4, -0.2) is 24.0 Å². The third-order valence-electron chi connectivity index (χ3n) is 5.19. The summed E-state index contributed by atoms with van der Waals surface area (Å²) in [5.41, 5.74) is 2.23. The topological polar surface area (TPSA) is 71.4 Å². The van der Waals surface area contributed by atoms with Gasteiger partial charge in [0.2, 0.25) is 0 Å². The van der Waals surface area contributed by atoms with Gasteiger partial charge in [-0.1, -0.05) is 12.1 Å². The van der Waals surface area contributed by atoms with E-state index >= 15 is 8.78 Å². The van der Waals surface area contributed by atoms with Crippen LogP contribution in [0.3, 0.4) is 0 Å². The maximum atomic E-state index is 15.0. The monoisotopic (exact) mass is 405 g/mol. The van der Waals surface area contributed by atoms with E-state index in [0.717, 1.165) is 13.0 Å². The molecule has 0 saturated heterocycles. The summed E-state index contributed by atoms with van der Waals surface area (Å²) in [7, 11) is 0. The van der Waals surface area contributed by atoms with Gasteiger partial charge in [0.15, 0.2) is 5.54 Å². The molecule has 0 radical (unpaired) electrons. The van der Waals surface area contributed by atoms with Gasteiger partial charge in [-0.15, -0.1) is 0 Å². The highest BCUT2D eigenvalue weighted by atomic mass is 19.3. The second-order valence-corrected chi connectivity index (χ2v) is 7.57. The second kappa shape index (κ2) is 6.85. The minimum absolute atomic E-state index is 0.0962. The number of rotatable bonds is 2. The van der Waals surface area contributed by atoms with E-state index < -0.39 is 40.9 Å². The van der Waals surface area contributed by atoms with Crippen molar-refractivity contribution in [2.45, 2.75) is 37.8 Å². The number of amidine groups is 1. The number of nitriles is 1. The van der Waals surface area contributed by atoms with E-state index in [-0.39, 0.29) is 11.4 Å². The Labute approximate surface area is 165 Å². The molecule has 1 heterocycles. The summed E-state index contributed by atoms with van der Waals surface area (Å²) in [5, 5.41) is 8.89. The summed E-state index contributed by atoms with van der Waals surface area (Å²) in [6.07, 6.45) is 0. The predicted molar refractivity (Wildman–Crippen MR) is 100 cm³/mol. The zero-order chi connectivity index (χ0) is 21.6. The molecule has 1 aliphatic heterocycles. The Bertz CT molecular complexity index is 1030. The van der Waals surface area contributed by atoms with E-state index in [0.29, 0.717) is 17.2 Å². The second-order valence-electron chi connectivity index (χ2n) is 7.57. The van der Waals surface area contributed by atoms with Gasteiger partial charge in [-0.05, 0) is 44.5 Å². The van der Waals surface area contributed by atoms with Crippen LogP contribution < -0.4 is 5.73 Å². The normalized spacial score (nSPS) is 23.0. The lowest BCUT2D eigenvalue weighted by Gasteiger charge is -2.33. The minimum atomic E-state index is -3.62. The average molecular weight is 405 g/mol. The molecule has 0 spiro atoms. The fourth-order valence-electron chi connectivity index (χ4n) is 3.07. The van der Waals surface area contributed by atoms with E-state index in [1.807, 2.05) is 6.07 Å². The Morgan fingerprint density at radius 1 is 1.07 bits per heavy atom. The van der Waals surface area contributed by atoms with Crippen molar-refractivity contribution in [1.29, 1.82) is 5.26 Å². The van der Waals surface area contributed by atoms with Crippen LogP contribution in [0.5, 0.6) is 0 Å². The number of ether oxygens (including phenoxy) is 1. The first-order chi connectivity index (χ1) is 13.4. The van der Waals surface area contributed by atoms with Crippen LogP contribution in [0.15, 0.2) is 41.4 Å². The zero-order valence-corrected chi connectivity index (χ0v) is 16.1. The number of aliphatic imine (C=N–C) groups is 1. The van der Waals surface area contributed by atoms with Gasteiger partial charge in [-0.3, -0.25) is 4.99 Å². The van der Waals surface area contributed by atoms with Gasteiger partial charge in [-0.2, -0.15) is 5.26 Å². The number of halogens is 4. The van der Waals surface area contributed by atoms with E-state index in [9.17, 15) is 8.78 Å². The van der Waals surface area contributed by atoms with Crippen molar-refractivity contribution in [2.75, 3.05) is 6.61 Å². The standard InChI is InChI=1S/C21H19F4N3O/c1-19(2)18(27)28-20(3,21(24,25)11-29-19)15-8-14(16(22)9-17(15)23)13-6-4-12(10-26)5-7-13/h4-9H,11H2,1-3H3,(H2,27,28). The van der Waals surface area contributed by atoms with Crippen LogP contribution in [0, 0.1) is 23.0 Å². The van der Waals surface area contributed by atoms with Gasteiger partial charge in [0.05, 0.1) is 11.6 Å². The Kier molecular flexibility index (Phi) is 4.91. The molecular formula is C21H19F4N3O. The third kappa shape index (κ3) is 3.47. The average Bonchev–Trinajstić information content (AvgIpc) is 2.71. The van der Waals surface area contributed by atoms with Gasteiger partial charge in [-0.25, -0.2) is 17.6 Å². The van der Waals surface area contributed by atoms with E-state index in [1.165, 1.54) is 38.1 Å². The fraction of sp³-hybridized carbons (Fsp3) is 0.333. The van der Waals surface area contributed by atoms with Gasteiger partial charge in [0, 0.05) is 17.2 Å². The van der Waals surface area contributed by atoms with Crippen LogP contribution in [0.4, 0.5) is 17.6 Å². The summed E-state index contributed by atoms with van der Waals surface area (Å²) in [6.45, 7) is 2.97. The molecule has 4 nitrogen and oxygen atoms in total. The van der Waals surface area contributed by atoms with Crippen molar-refractivity contribution >= 4 is 5.84 Å². The smallest absolute Gasteiger partial charge is 0.299 e. The SMILES string of the molecule is CC1(C)OCC(F)(F)C(C)(c2cc(-c3ccc(C#N)cc3)c(F)cc2F)N=C1N. The summed E-state index contributed by atoms with van der Waals surface area (Å²) < 4.78 is 64.5. The maximum Gasteiger partial charge on any atom is 0.299 e. The highest BCUT2D eigenvalue weighted by molar-refractivity contribution is 5.89. The molecule has 152 valence electrons. The molecule has 0 amide bonds. The first-order valence-electron chi connectivity index (χ1n) is 8.79. The van der Waals surface area contributed by atoms with Crippen LogP contribution >= 0.6 is 0 Å². The van der Waals surface area contributed by atoms with Gasteiger partial charge in [0.25, 0.3) is 5.92 Å². The van der Waals surface area contributed by atoms with Crippen LogP contribution in [0.2, 0.25) is 0 Å². The Morgan fingerprint density at radius 2 is 1.69 bits per heavy atom. The summed E-state index contributed by atoms with van der Waals surface area (Å²) in [5.74, 6) is -5.93. The van der Waals surface area contributed by atoms with Gasteiger partial charge < -0.3 is 10.5 Å². The number of nitrogens with two attached hydrogens (primary N) is 1. The molecule has 1 unspecified atom stereocenters. The van der Waals surface area contributed by atoms with Crippen LogP contribution in [0.1, 0.15) is 31.9 Å². The van der Waals surface area contributed by atoms with Crippen molar-refractivity contribution in [3.8, 4) is 17.2 Å². The number of nitrogens with zero attached hydrogens (tertiary/aromatic N) is 2. The highest BCUT2D eigenvalue weighted by Gasteiger charge is 2.56. The molecule has 2 N–H and O–H groups in total. The number of alkyl halides is 2. The third-order valence-corrected chi connectivity index (χ3v) is 5.19. The Morgan fingerprint density at radius 3 is 2.28 bits per heavy atom. The highest BCUT2D eigenvalue weighted by Crippen LogP contribution is 2.46. The molecule has 0 saturated carbocycles. The first-order valence-corrected chi connectivity index (χ1v) is 8.79. The molecular weight excluding hydrogens is 386 g/mol. The lowest BCUT2D eigenvalue weighted by atomic mass is 9.84. The van der Waals surface area contributed by atoms with Crippen molar-refractivity contribution in [3.63, 3.8) is 0 Å². The van der Waals surface area contributed by atoms with Crippen molar-refractivity contribution in [3.05, 3.63) is 59.2 Å². The molecule has 29 heavy (non-hydrogen) atoms. The molecule has 0 aromatic heterocycles. The van der Waals surface area contributed by atoms with E-state index in [1.54, 1.807) is 0 Å². The predicted octanol–water partition coefficient (Wildman–Crippen LogP) is 4.52. The van der Waals surface area contributed by atoms with Crippen molar-refractivity contribution in [2.24, 2.45) is 10.7 Å². The molecule has 8 heteroatoms. The van der Waals surface area contributed by atoms with Gasteiger partial charge in [0.1, 0.15) is 29.7 Å². The Hall–Kier alpha value is -2.92. The van der Waals surface area contributed by atoms with Crippen LogP contribution in [-0.2, 0) is 10.3 Å². The number of benzene rings is 2. The summed E-state index contributed by atoms with van der Waals surface area (Å²) in [6, 6.07) is 9.30. The Balaban J connectivity index is 2.24. The van der Waals surface area contributed by atoms with E-state index in [4.69, 9.17) is 15.7 Å². The molecule has 2 aromatic rings. The van der Waals surface area contributed by atoms with Gasteiger partial charge >= 0.3 is 0 Å². The fourth-order valence-corrected chi connectivity index (χ4v) is 3.07. The molecule has 3 rings (SSSR count). The summed E-state index contributed by atoms with van der Waals surface area (Å²) in [4.78, 5) is 3.95. The minimum Gasteiger partial charge on any atom is -0.385 e. The number of hydrogen-bond acceptors (Lipinski definition) is 4. The van der Waals surface area contributed by atoms with Crippen LogP contribution in [0.25, 0.3) is 11.1 Å². The summed E-state index contributed by atoms with van der Waals surface area (Å²) >= 11 is 0. The lowest BCUT2D eigenvalue weighted by molar-refractivity contribution is -0.139. The molecule has 2 aromatic carbocycles. The zero-order valence-electron chi connectivity index (χ0n) is 16.1. The molecule has 0 bridgehead atoms. The largest absolute Gasteiger partial charge is 0.385 e. The van der Waals surface area contributed by atoms with Crippen molar-refractivity contribution < 1.29 is 22.3 Å². The maximum absolute atomic E-state index is 15.0.